The van der Waals surface area contributed by atoms with Crippen molar-refractivity contribution in [3.05, 3.63) is 46.2 Å². The lowest BCUT2D eigenvalue weighted by Crippen LogP contribution is -2.14. The second-order valence-corrected chi connectivity index (χ2v) is 3.81. The van der Waals surface area contributed by atoms with Crippen molar-refractivity contribution in [1.82, 2.24) is 9.97 Å². The van der Waals surface area contributed by atoms with Crippen molar-refractivity contribution in [3.63, 3.8) is 0 Å². The summed E-state index contributed by atoms with van der Waals surface area (Å²) in [5.41, 5.74) is 10.5. The van der Waals surface area contributed by atoms with Gasteiger partial charge in [0.15, 0.2) is 0 Å². The molecule has 0 aromatic carbocycles. The van der Waals surface area contributed by atoms with Gasteiger partial charge in [-0.05, 0) is 19.1 Å². The van der Waals surface area contributed by atoms with Crippen LogP contribution in [0, 0.1) is 6.92 Å². The van der Waals surface area contributed by atoms with Gasteiger partial charge in [0.25, 0.3) is 0 Å². The number of hydrogen-bond donors (Lipinski definition) is 1. The molecule has 0 bridgehead atoms. The molecule has 0 aliphatic heterocycles. The van der Waals surface area contributed by atoms with Gasteiger partial charge in [-0.2, -0.15) is 0 Å². The topological polar surface area (TPSA) is 51.8 Å². The Hall–Kier alpha value is -1.26. The Morgan fingerprint density at radius 2 is 2.21 bits per heavy atom. The van der Waals surface area contributed by atoms with E-state index in [1.54, 1.807) is 16.8 Å². The summed E-state index contributed by atoms with van der Waals surface area (Å²) in [5.74, 6) is 0. The summed E-state index contributed by atoms with van der Waals surface area (Å²) in [6.07, 6.45) is 0. The maximum absolute atomic E-state index is 6.01. The monoisotopic (exact) mass is 205 g/mol. The zero-order valence-electron chi connectivity index (χ0n) is 7.84. The molecule has 72 valence electrons. The molecule has 2 N–H and O–H groups in total. The Balaban J connectivity index is 2.32. The molecule has 4 heteroatoms. The van der Waals surface area contributed by atoms with Crippen molar-refractivity contribution in [2.75, 3.05) is 0 Å². The van der Waals surface area contributed by atoms with E-state index in [-0.39, 0.29) is 6.04 Å². The van der Waals surface area contributed by atoms with Crippen LogP contribution in [0.4, 0.5) is 0 Å². The molecule has 3 nitrogen and oxygen atoms in total. The molecule has 0 aliphatic carbocycles. The van der Waals surface area contributed by atoms with E-state index < -0.39 is 0 Å². The van der Waals surface area contributed by atoms with Gasteiger partial charge in [0.05, 0.1) is 22.9 Å². The van der Waals surface area contributed by atoms with Crippen LogP contribution in [0.2, 0.25) is 0 Å². The molecule has 2 aromatic rings. The normalized spacial score (nSPS) is 12.7. The molecule has 1 atom stereocenters. The largest absolute Gasteiger partial charge is 0.318 e. The van der Waals surface area contributed by atoms with Crippen LogP contribution in [0.5, 0.6) is 0 Å². The summed E-state index contributed by atoms with van der Waals surface area (Å²) in [4.78, 5) is 8.54. The van der Waals surface area contributed by atoms with Gasteiger partial charge in [-0.25, -0.2) is 4.98 Å². The maximum Gasteiger partial charge on any atom is 0.0908 e. The number of hydrogen-bond acceptors (Lipinski definition) is 4. The van der Waals surface area contributed by atoms with Crippen molar-refractivity contribution in [3.8, 4) is 0 Å². The highest BCUT2D eigenvalue weighted by molar-refractivity contribution is 7.07. The van der Waals surface area contributed by atoms with Crippen molar-refractivity contribution in [1.29, 1.82) is 0 Å². The third-order valence-electron chi connectivity index (χ3n) is 2.00. The zero-order chi connectivity index (χ0) is 9.97. The third kappa shape index (κ3) is 1.81. The minimum Gasteiger partial charge on any atom is -0.318 e. The predicted octanol–water partition coefficient (Wildman–Crippen LogP) is 1.89. The van der Waals surface area contributed by atoms with E-state index in [9.17, 15) is 0 Å². The smallest absolute Gasteiger partial charge is 0.0908 e. The molecule has 1 unspecified atom stereocenters. The SMILES string of the molecule is Cc1cccc(C(N)c2cscn2)n1. The van der Waals surface area contributed by atoms with Gasteiger partial charge in [0.2, 0.25) is 0 Å². The minimum atomic E-state index is -0.207. The van der Waals surface area contributed by atoms with Crippen LogP contribution in [0.3, 0.4) is 0 Å². The van der Waals surface area contributed by atoms with E-state index in [2.05, 4.69) is 9.97 Å². The predicted molar refractivity (Wildman–Crippen MR) is 57.1 cm³/mol. The summed E-state index contributed by atoms with van der Waals surface area (Å²) < 4.78 is 0. The Bertz CT molecular complexity index is 411. The van der Waals surface area contributed by atoms with E-state index >= 15 is 0 Å². The molecule has 0 aliphatic rings. The second-order valence-electron chi connectivity index (χ2n) is 3.09. The summed E-state index contributed by atoms with van der Waals surface area (Å²) in [5, 5.41) is 1.95. The molecular weight excluding hydrogens is 194 g/mol. The van der Waals surface area contributed by atoms with Crippen LogP contribution in [-0.2, 0) is 0 Å². The quantitative estimate of drug-likeness (QED) is 0.814. The standard InChI is InChI=1S/C10H11N3S/c1-7-3-2-4-8(13-7)10(11)9-5-14-6-12-9/h2-6,10H,11H2,1H3. The fraction of sp³-hybridized carbons (Fsp3) is 0.200. The Labute approximate surface area is 86.6 Å². The highest BCUT2D eigenvalue weighted by Gasteiger charge is 2.11. The van der Waals surface area contributed by atoms with E-state index in [4.69, 9.17) is 5.73 Å². The Kier molecular flexibility index (Phi) is 2.56. The number of aryl methyl sites for hydroxylation is 1. The van der Waals surface area contributed by atoms with Crippen molar-refractivity contribution >= 4 is 11.3 Å². The highest BCUT2D eigenvalue weighted by atomic mass is 32.1. The molecule has 0 saturated heterocycles. The lowest BCUT2D eigenvalue weighted by Gasteiger charge is -2.08. The Morgan fingerprint density at radius 1 is 1.36 bits per heavy atom. The van der Waals surface area contributed by atoms with Crippen molar-refractivity contribution in [2.24, 2.45) is 5.73 Å². The summed E-state index contributed by atoms with van der Waals surface area (Å²) in [6.45, 7) is 1.96. The Morgan fingerprint density at radius 3 is 2.86 bits per heavy atom. The number of aromatic nitrogens is 2. The number of pyridine rings is 1. The average Bonchev–Trinajstić information content (AvgIpc) is 2.69. The molecule has 2 aromatic heterocycles. The molecule has 2 rings (SSSR count). The fourth-order valence-corrected chi connectivity index (χ4v) is 1.85. The first-order valence-corrected chi connectivity index (χ1v) is 5.29. The van der Waals surface area contributed by atoms with Crippen molar-refractivity contribution < 1.29 is 0 Å². The average molecular weight is 205 g/mol. The number of thiazole rings is 1. The van der Waals surface area contributed by atoms with Crippen LogP contribution in [0.25, 0.3) is 0 Å². The van der Waals surface area contributed by atoms with E-state index in [0.717, 1.165) is 17.1 Å². The summed E-state index contributed by atoms with van der Waals surface area (Å²) >= 11 is 1.55. The van der Waals surface area contributed by atoms with Gasteiger partial charge < -0.3 is 5.73 Å². The lowest BCUT2D eigenvalue weighted by molar-refractivity contribution is 0.796. The maximum atomic E-state index is 6.01. The van der Waals surface area contributed by atoms with E-state index in [1.165, 1.54) is 0 Å². The molecule has 2 heterocycles. The first-order chi connectivity index (χ1) is 6.77. The molecule has 0 fully saturated rings. The van der Waals surface area contributed by atoms with Gasteiger partial charge in [0.1, 0.15) is 0 Å². The minimum absolute atomic E-state index is 0.207. The summed E-state index contributed by atoms with van der Waals surface area (Å²) in [7, 11) is 0. The van der Waals surface area contributed by atoms with Gasteiger partial charge >= 0.3 is 0 Å². The van der Waals surface area contributed by atoms with E-state index in [1.807, 2.05) is 30.5 Å². The van der Waals surface area contributed by atoms with Crippen molar-refractivity contribution in [2.45, 2.75) is 13.0 Å². The van der Waals surface area contributed by atoms with Crippen LogP contribution >= 0.6 is 11.3 Å². The highest BCUT2D eigenvalue weighted by Crippen LogP contribution is 2.17. The van der Waals surface area contributed by atoms with Crippen LogP contribution < -0.4 is 5.73 Å². The molecule has 0 spiro atoms. The van der Waals surface area contributed by atoms with Crippen LogP contribution in [0.15, 0.2) is 29.1 Å². The first-order valence-electron chi connectivity index (χ1n) is 4.34. The van der Waals surface area contributed by atoms with Gasteiger partial charge in [0, 0.05) is 11.1 Å². The number of nitrogens with zero attached hydrogens (tertiary/aromatic N) is 2. The van der Waals surface area contributed by atoms with E-state index in [0.29, 0.717) is 0 Å². The van der Waals surface area contributed by atoms with Crippen LogP contribution in [0.1, 0.15) is 23.1 Å². The second kappa shape index (κ2) is 3.86. The number of nitrogens with two attached hydrogens (primary N) is 1. The lowest BCUT2D eigenvalue weighted by atomic mass is 10.1. The first kappa shape index (κ1) is 9.30. The summed E-state index contributed by atoms with van der Waals surface area (Å²) in [6, 6.07) is 5.64. The molecule has 0 saturated carbocycles. The van der Waals surface area contributed by atoms with Gasteiger partial charge in [-0.3, -0.25) is 4.98 Å². The number of rotatable bonds is 2. The van der Waals surface area contributed by atoms with Crippen LogP contribution in [-0.4, -0.2) is 9.97 Å². The molecule has 0 radical (unpaired) electrons. The fourth-order valence-electron chi connectivity index (χ4n) is 1.26. The molecule has 14 heavy (non-hydrogen) atoms. The molecular formula is C10H11N3S. The third-order valence-corrected chi connectivity index (χ3v) is 2.60. The zero-order valence-corrected chi connectivity index (χ0v) is 8.66. The molecule has 0 amide bonds. The van der Waals surface area contributed by atoms with Gasteiger partial charge in [-0.1, -0.05) is 6.07 Å². The van der Waals surface area contributed by atoms with Gasteiger partial charge in [-0.15, -0.1) is 11.3 Å².